The van der Waals surface area contributed by atoms with Crippen LogP contribution in [0.5, 0.6) is 0 Å². The maximum atomic E-state index is 14.0. The lowest BCUT2D eigenvalue weighted by Gasteiger charge is -2.59. The Morgan fingerprint density at radius 3 is 2.24 bits per heavy atom. The number of carboxylic acid groups (broad SMARTS) is 1. The number of aliphatic hydroxyl groups is 1. The number of hydrogen-bond acceptors (Lipinski definition) is 6. The van der Waals surface area contributed by atoms with E-state index in [1.807, 2.05) is 34.6 Å². The number of carboxylic acids is 1. The average molecular weight is 513 g/mol. The van der Waals surface area contributed by atoms with Crippen molar-refractivity contribution in [2.24, 2.45) is 39.4 Å². The molecule has 0 saturated heterocycles. The predicted octanol–water partition coefficient (Wildman–Crippen LogP) is 4.26. The van der Waals surface area contributed by atoms with Gasteiger partial charge in [0.15, 0.2) is 17.3 Å². The van der Waals surface area contributed by atoms with Crippen molar-refractivity contribution in [3.05, 3.63) is 22.8 Å². The van der Waals surface area contributed by atoms with Gasteiger partial charge in [0.25, 0.3) is 0 Å². The highest BCUT2D eigenvalue weighted by Gasteiger charge is 2.70. The van der Waals surface area contributed by atoms with E-state index >= 15 is 0 Å². The SMILES string of the molecule is C/C(=C/C(=O)C[C@@H](C)C(=O)O)[C@H]1CC(=O)[C@@]2(C)C3=C(C(=O)C[C@]12C)[C@@]1(C)CC[C@H](O)C(C)(C)[C@@H]1CC3=O. The highest BCUT2D eigenvalue weighted by atomic mass is 16.4. The Balaban J connectivity index is 1.81. The van der Waals surface area contributed by atoms with Gasteiger partial charge in [0.05, 0.1) is 17.4 Å². The Hall–Kier alpha value is -2.41. The van der Waals surface area contributed by atoms with E-state index in [-0.39, 0.29) is 54.7 Å². The van der Waals surface area contributed by atoms with Gasteiger partial charge >= 0.3 is 5.97 Å². The van der Waals surface area contributed by atoms with Gasteiger partial charge in [-0.3, -0.25) is 24.0 Å². The molecule has 0 radical (unpaired) electrons. The summed E-state index contributed by atoms with van der Waals surface area (Å²) in [5, 5.41) is 19.9. The topological polar surface area (TPSA) is 126 Å². The number of fused-ring (bicyclic) bond motifs is 4. The second-order valence-electron chi connectivity index (χ2n) is 13.3. The number of ketones is 4. The van der Waals surface area contributed by atoms with Crippen molar-refractivity contribution >= 4 is 29.1 Å². The van der Waals surface area contributed by atoms with Crippen LogP contribution in [-0.2, 0) is 24.0 Å². The summed E-state index contributed by atoms with van der Waals surface area (Å²) in [5.74, 6) is -3.18. The van der Waals surface area contributed by atoms with Crippen molar-refractivity contribution in [3.8, 4) is 0 Å². The first-order valence-corrected chi connectivity index (χ1v) is 13.4. The summed E-state index contributed by atoms with van der Waals surface area (Å²) in [6.07, 6.45) is 2.24. The highest BCUT2D eigenvalue weighted by molar-refractivity contribution is 6.16. The van der Waals surface area contributed by atoms with E-state index in [0.717, 1.165) is 0 Å². The summed E-state index contributed by atoms with van der Waals surface area (Å²) in [5.41, 5.74) is -1.66. The van der Waals surface area contributed by atoms with E-state index in [9.17, 15) is 29.1 Å². The summed E-state index contributed by atoms with van der Waals surface area (Å²) < 4.78 is 0. The van der Waals surface area contributed by atoms with Crippen LogP contribution in [0, 0.1) is 39.4 Å². The van der Waals surface area contributed by atoms with Gasteiger partial charge in [-0.05, 0) is 55.4 Å². The molecule has 0 spiro atoms. The van der Waals surface area contributed by atoms with E-state index in [4.69, 9.17) is 5.11 Å². The lowest BCUT2D eigenvalue weighted by molar-refractivity contribution is -0.144. The van der Waals surface area contributed by atoms with E-state index in [1.54, 1.807) is 6.92 Å². The Kier molecular flexibility index (Phi) is 6.38. The molecule has 0 aliphatic heterocycles. The standard InChI is InChI=1S/C30H40O7/c1-15(10-17(31)11-16(2)26(36)37)18-12-23(35)30(7)25-19(32)13-21-27(3,4)22(34)8-9-28(21,5)24(25)20(33)14-29(18,30)6/h10,16,18,21-22,34H,8-9,11-14H2,1-7H3,(H,36,37)/b15-10-/t16-,18-,21+,22+,28+,29-,30+/m1/s1. The van der Waals surface area contributed by atoms with Crippen LogP contribution in [0.2, 0.25) is 0 Å². The monoisotopic (exact) mass is 512 g/mol. The maximum Gasteiger partial charge on any atom is 0.306 e. The molecule has 2 N–H and O–H groups in total. The van der Waals surface area contributed by atoms with Crippen molar-refractivity contribution in [2.45, 2.75) is 93.1 Å². The van der Waals surface area contributed by atoms with Gasteiger partial charge in [-0.15, -0.1) is 0 Å². The fourth-order valence-corrected chi connectivity index (χ4v) is 8.42. The minimum absolute atomic E-state index is 0.0930. The second-order valence-corrected chi connectivity index (χ2v) is 13.3. The number of hydrogen-bond donors (Lipinski definition) is 2. The number of aliphatic hydroxyl groups excluding tert-OH is 1. The lowest BCUT2D eigenvalue weighted by Crippen LogP contribution is -2.59. The minimum atomic E-state index is -1.15. The first-order valence-electron chi connectivity index (χ1n) is 13.4. The molecular formula is C30H40O7. The zero-order chi connectivity index (χ0) is 27.9. The van der Waals surface area contributed by atoms with Crippen LogP contribution < -0.4 is 0 Å². The van der Waals surface area contributed by atoms with Gasteiger partial charge in [0, 0.05) is 42.2 Å². The second kappa shape index (κ2) is 8.55. The Bertz CT molecular complexity index is 1170. The van der Waals surface area contributed by atoms with Crippen LogP contribution >= 0.6 is 0 Å². The van der Waals surface area contributed by atoms with E-state index in [0.29, 0.717) is 29.6 Å². The molecule has 0 bridgehead atoms. The van der Waals surface area contributed by atoms with Gasteiger partial charge in [-0.1, -0.05) is 40.2 Å². The van der Waals surface area contributed by atoms with Gasteiger partial charge in [0.1, 0.15) is 5.78 Å². The average Bonchev–Trinajstić information content (AvgIpc) is 2.99. The molecule has 37 heavy (non-hydrogen) atoms. The molecule has 0 aromatic heterocycles. The smallest absolute Gasteiger partial charge is 0.306 e. The normalized spacial score (nSPS) is 40.2. The first-order chi connectivity index (χ1) is 16.9. The van der Waals surface area contributed by atoms with Crippen LogP contribution in [-0.4, -0.2) is 45.4 Å². The van der Waals surface area contributed by atoms with Crippen LogP contribution in [0.3, 0.4) is 0 Å². The number of Topliss-reactive ketones (excluding diaryl/α,β-unsaturated/α-hetero) is 3. The van der Waals surface area contributed by atoms with Crippen LogP contribution in [0.25, 0.3) is 0 Å². The third-order valence-electron chi connectivity index (χ3n) is 11.0. The lowest BCUT2D eigenvalue weighted by atomic mass is 9.43. The summed E-state index contributed by atoms with van der Waals surface area (Å²) in [7, 11) is 0. The molecule has 4 aliphatic carbocycles. The Labute approximate surface area is 218 Å². The fourth-order valence-electron chi connectivity index (χ4n) is 8.42. The van der Waals surface area contributed by atoms with Crippen molar-refractivity contribution in [3.63, 3.8) is 0 Å². The van der Waals surface area contributed by atoms with Crippen molar-refractivity contribution in [1.29, 1.82) is 0 Å². The molecule has 4 aliphatic rings. The maximum absolute atomic E-state index is 14.0. The molecular weight excluding hydrogens is 472 g/mol. The van der Waals surface area contributed by atoms with E-state index in [2.05, 4.69) is 0 Å². The Morgan fingerprint density at radius 2 is 1.65 bits per heavy atom. The largest absolute Gasteiger partial charge is 0.481 e. The molecule has 4 rings (SSSR count). The van der Waals surface area contributed by atoms with E-state index < -0.39 is 45.6 Å². The summed E-state index contributed by atoms with van der Waals surface area (Å²) in [6.45, 7) is 12.9. The van der Waals surface area contributed by atoms with Crippen LogP contribution in [0.15, 0.2) is 22.8 Å². The quantitative estimate of drug-likeness (QED) is 0.527. The van der Waals surface area contributed by atoms with Gasteiger partial charge in [-0.2, -0.15) is 0 Å². The molecule has 2 fully saturated rings. The number of aliphatic carboxylic acids is 1. The van der Waals surface area contributed by atoms with Crippen molar-refractivity contribution < 1.29 is 34.2 Å². The fraction of sp³-hybridized carbons (Fsp3) is 0.700. The third kappa shape index (κ3) is 3.67. The molecule has 0 heterocycles. The molecule has 0 aromatic rings. The number of rotatable bonds is 5. The third-order valence-corrected chi connectivity index (χ3v) is 11.0. The molecule has 0 unspecified atom stereocenters. The van der Waals surface area contributed by atoms with Crippen LogP contribution in [0.1, 0.15) is 87.0 Å². The number of carbonyl (C=O) groups is 5. The zero-order valence-corrected chi connectivity index (χ0v) is 23.1. The minimum Gasteiger partial charge on any atom is -0.481 e. The van der Waals surface area contributed by atoms with Crippen LogP contribution in [0.4, 0.5) is 0 Å². The number of allylic oxidation sites excluding steroid dienone is 4. The van der Waals surface area contributed by atoms with Gasteiger partial charge in [-0.25, -0.2) is 0 Å². The van der Waals surface area contributed by atoms with Gasteiger partial charge < -0.3 is 10.2 Å². The Morgan fingerprint density at radius 1 is 1.03 bits per heavy atom. The summed E-state index contributed by atoms with van der Waals surface area (Å²) in [4.78, 5) is 65.5. The molecule has 7 heteroatoms. The summed E-state index contributed by atoms with van der Waals surface area (Å²) in [6, 6.07) is 0. The molecule has 7 atom stereocenters. The number of carbonyl (C=O) groups excluding carboxylic acids is 4. The predicted molar refractivity (Wildman–Crippen MR) is 136 cm³/mol. The van der Waals surface area contributed by atoms with E-state index in [1.165, 1.54) is 13.0 Å². The first kappa shape index (κ1) is 27.6. The van der Waals surface area contributed by atoms with Crippen molar-refractivity contribution in [2.75, 3.05) is 0 Å². The summed E-state index contributed by atoms with van der Waals surface area (Å²) >= 11 is 0. The van der Waals surface area contributed by atoms with Gasteiger partial charge in [0.2, 0.25) is 0 Å². The molecule has 202 valence electrons. The van der Waals surface area contributed by atoms with Crippen molar-refractivity contribution in [1.82, 2.24) is 0 Å². The molecule has 7 nitrogen and oxygen atoms in total. The molecule has 2 saturated carbocycles. The highest BCUT2D eigenvalue weighted by Crippen LogP contribution is 2.69. The molecule has 0 amide bonds. The molecule has 0 aromatic carbocycles. The zero-order valence-electron chi connectivity index (χ0n) is 23.1.